The van der Waals surface area contributed by atoms with Gasteiger partial charge in [0.15, 0.2) is 5.69 Å². The van der Waals surface area contributed by atoms with Crippen LogP contribution >= 0.6 is 0 Å². The molecule has 0 aliphatic carbocycles. The Labute approximate surface area is 101 Å². The zero-order valence-electron chi connectivity index (χ0n) is 9.52. The van der Waals surface area contributed by atoms with E-state index in [2.05, 4.69) is 5.10 Å². The van der Waals surface area contributed by atoms with E-state index in [1.54, 1.807) is 6.92 Å². The Morgan fingerprint density at radius 2 is 1.89 bits per heavy atom. The van der Waals surface area contributed by atoms with Gasteiger partial charge in [-0.2, -0.15) is 5.10 Å². The summed E-state index contributed by atoms with van der Waals surface area (Å²) in [5, 5.41) is 12.6. The molecule has 0 aliphatic rings. The van der Waals surface area contributed by atoms with Crippen molar-refractivity contribution in [1.82, 2.24) is 9.78 Å². The fourth-order valence-electron chi connectivity index (χ4n) is 1.65. The fourth-order valence-corrected chi connectivity index (χ4v) is 1.65. The maximum atomic E-state index is 13.0. The van der Waals surface area contributed by atoms with Crippen LogP contribution in [0.5, 0.6) is 0 Å². The molecule has 18 heavy (non-hydrogen) atoms. The number of aromatic nitrogens is 2. The predicted octanol–water partition coefficient (Wildman–Crippen LogP) is 2.22. The number of rotatable bonds is 3. The third kappa shape index (κ3) is 2.53. The van der Waals surface area contributed by atoms with Gasteiger partial charge in [0.25, 0.3) is 0 Å². The van der Waals surface area contributed by atoms with Crippen LogP contribution in [0.15, 0.2) is 24.3 Å². The van der Waals surface area contributed by atoms with Crippen molar-refractivity contribution in [3.05, 3.63) is 52.9 Å². The summed E-state index contributed by atoms with van der Waals surface area (Å²) < 4.78 is 27.4. The van der Waals surface area contributed by atoms with Crippen molar-refractivity contribution in [3.63, 3.8) is 0 Å². The van der Waals surface area contributed by atoms with Gasteiger partial charge in [0.2, 0.25) is 0 Å². The molecule has 1 N–H and O–H groups in total. The number of hydrogen-bond acceptors (Lipinski definition) is 2. The first-order valence-electron chi connectivity index (χ1n) is 5.18. The Hall–Kier alpha value is -2.24. The Bertz CT molecular complexity index is 588. The minimum Gasteiger partial charge on any atom is -0.476 e. The lowest BCUT2D eigenvalue weighted by atomic mass is 10.2. The highest BCUT2D eigenvalue weighted by atomic mass is 19.1. The van der Waals surface area contributed by atoms with Crippen molar-refractivity contribution < 1.29 is 18.7 Å². The van der Waals surface area contributed by atoms with Gasteiger partial charge in [-0.15, -0.1) is 0 Å². The van der Waals surface area contributed by atoms with Gasteiger partial charge >= 0.3 is 5.97 Å². The summed E-state index contributed by atoms with van der Waals surface area (Å²) in [5.41, 5.74) is 0.900. The van der Waals surface area contributed by atoms with Crippen LogP contribution in [-0.4, -0.2) is 20.9 Å². The van der Waals surface area contributed by atoms with Gasteiger partial charge in [0, 0.05) is 11.8 Å². The van der Waals surface area contributed by atoms with E-state index in [0.717, 1.165) is 6.07 Å². The lowest BCUT2D eigenvalue weighted by Crippen LogP contribution is -2.06. The maximum absolute atomic E-state index is 13.0. The molecule has 1 aromatic carbocycles. The molecule has 1 heterocycles. The van der Waals surface area contributed by atoms with E-state index in [9.17, 15) is 13.6 Å². The van der Waals surface area contributed by atoms with Gasteiger partial charge in [-0.3, -0.25) is 4.68 Å². The third-order valence-corrected chi connectivity index (χ3v) is 2.45. The summed E-state index contributed by atoms with van der Waals surface area (Å²) in [6.45, 7) is 1.79. The van der Waals surface area contributed by atoms with E-state index in [0.29, 0.717) is 11.3 Å². The van der Waals surface area contributed by atoms with E-state index in [1.165, 1.54) is 22.9 Å². The quantitative estimate of drug-likeness (QED) is 0.911. The van der Waals surface area contributed by atoms with E-state index < -0.39 is 17.6 Å². The number of carboxylic acid groups (broad SMARTS) is 1. The number of nitrogens with zero attached hydrogens (tertiary/aromatic N) is 2. The first-order valence-corrected chi connectivity index (χ1v) is 5.18. The molecule has 2 rings (SSSR count). The molecule has 0 spiro atoms. The second-order valence-corrected chi connectivity index (χ2v) is 3.91. The molecule has 0 amide bonds. The second kappa shape index (κ2) is 4.56. The number of carbonyl (C=O) groups is 1. The summed E-state index contributed by atoms with van der Waals surface area (Å²) in [6, 6.07) is 4.55. The van der Waals surface area contributed by atoms with E-state index >= 15 is 0 Å². The number of hydrogen-bond donors (Lipinski definition) is 1. The number of aromatic carboxylic acids is 1. The fraction of sp³-hybridized carbons (Fsp3) is 0.167. The molecule has 0 aliphatic heterocycles. The molecule has 94 valence electrons. The van der Waals surface area contributed by atoms with Gasteiger partial charge in [-0.05, 0) is 30.7 Å². The normalized spacial score (nSPS) is 10.6. The molecule has 0 radical (unpaired) electrons. The summed E-state index contributed by atoms with van der Waals surface area (Å²) >= 11 is 0. The Morgan fingerprint density at radius 1 is 1.28 bits per heavy atom. The van der Waals surface area contributed by atoms with Crippen LogP contribution in [0, 0.1) is 18.6 Å². The average molecular weight is 252 g/mol. The molecule has 0 saturated carbocycles. The monoisotopic (exact) mass is 252 g/mol. The van der Waals surface area contributed by atoms with E-state index in [-0.39, 0.29) is 12.2 Å². The molecule has 4 nitrogen and oxygen atoms in total. The number of benzene rings is 1. The Balaban J connectivity index is 2.30. The smallest absolute Gasteiger partial charge is 0.356 e. The van der Waals surface area contributed by atoms with Gasteiger partial charge in [-0.1, -0.05) is 0 Å². The van der Waals surface area contributed by atoms with Crippen LogP contribution in [0.4, 0.5) is 8.78 Å². The first-order chi connectivity index (χ1) is 8.45. The van der Waals surface area contributed by atoms with Crippen molar-refractivity contribution in [2.75, 3.05) is 0 Å². The highest BCUT2D eigenvalue weighted by molar-refractivity contribution is 5.85. The van der Waals surface area contributed by atoms with Gasteiger partial charge in [0.05, 0.1) is 6.54 Å². The standard InChI is InChI=1S/C12H10F2N2O2/c1-7-2-11(12(17)18)15-16(7)6-8-3-9(13)5-10(14)4-8/h2-5H,6H2,1H3,(H,17,18). The summed E-state index contributed by atoms with van der Waals surface area (Å²) in [7, 11) is 0. The number of carboxylic acids is 1. The zero-order chi connectivity index (χ0) is 13.3. The van der Waals surface area contributed by atoms with Gasteiger partial charge in [0.1, 0.15) is 11.6 Å². The summed E-state index contributed by atoms with van der Waals surface area (Å²) in [4.78, 5) is 10.7. The molecule has 0 unspecified atom stereocenters. The van der Waals surface area contributed by atoms with Crippen LogP contribution in [0.1, 0.15) is 21.7 Å². The number of aryl methyl sites for hydroxylation is 1. The minimum absolute atomic E-state index is 0.0932. The topological polar surface area (TPSA) is 55.1 Å². The number of halogens is 2. The maximum Gasteiger partial charge on any atom is 0.356 e. The molecule has 2 aromatic rings. The molecular formula is C12H10F2N2O2. The lowest BCUT2D eigenvalue weighted by molar-refractivity contribution is 0.0689. The molecule has 0 saturated heterocycles. The van der Waals surface area contributed by atoms with E-state index in [4.69, 9.17) is 5.11 Å². The largest absolute Gasteiger partial charge is 0.476 e. The summed E-state index contributed by atoms with van der Waals surface area (Å²) in [5.74, 6) is -2.48. The van der Waals surface area contributed by atoms with Crippen molar-refractivity contribution in [2.24, 2.45) is 0 Å². The van der Waals surface area contributed by atoms with Crippen molar-refractivity contribution in [1.29, 1.82) is 0 Å². The summed E-state index contributed by atoms with van der Waals surface area (Å²) in [6.07, 6.45) is 0. The molecular weight excluding hydrogens is 242 g/mol. The van der Waals surface area contributed by atoms with Crippen LogP contribution in [0.2, 0.25) is 0 Å². The van der Waals surface area contributed by atoms with Gasteiger partial charge in [-0.25, -0.2) is 13.6 Å². The molecule has 0 atom stereocenters. The van der Waals surface area contributed by atoms with Crippen LogP contribution in [0.25, 0.3) is 0 Å². The molecule has 6 heteroatoms. The van der Waals surface area contributed by atoms with E-state index in [1.807, 2.05) is 0 Å². The zero-order valence-corrected chi connectivity index (χ0v) is 9.52. The molecule has 1 aromatic heterocycles. The second-order valence-electron chi connectivity index (χ2n) is 3.91. The SMILES string of the molecule is Cc1cc(C(=O)O)nn1Cc1cc(F)cc(F)c1. The van der Waals surface area contributed by atoms with Crippen LogP contribution < -0.4 is 0 Å². The van der Waals surface area contributed by atoms with Crippen molar-refractivity contribution in [3.8, 4) is 0 Å². The molecule has 0 fully saturated rings. The third-order valence-electron chi connectivity index (χ3n) is 2.45. The van der Waals surface area contributed by atoms with Gasteiger partial charge < -0.3 is 5.11 Å². The molecule has 0 bridgehead atoms. The predicted molar refractivity (Wildman–Crippen MR) is 59.4 cm³/mol. The lowest BCUT2D eigenvalue weighted by Gasteiger charge is -2.04. The highest BCUT2D eigenvalue weighted by Gasteiger charge is 2.11. The van der Waals surface area contributed by atoms with Crippen molar-refractivity contribution >= 4 is 5.97 Å². The Kier molecular flexibility index (Phi) is 3.10. The van der Waals surface area contributed by atoms with Crippen molar-refractivity contribution in [2.45, 2.75) is 13.5 Å². The highest BCUT2D eigenvalue weighted by Crippen LogP contribution is 2.11. The first kappa shape index (κ1) is 12.2. The van der Waals surface area contributed by atoms with Crippen LogP contribution in [-0.2, 0) is 6.54 Å². The van der Waals surface area contributed by atoms with Crippen LogP contribution in [0.3, 0.4) is 0 Å². The average Bonchev–Trinajstić information content (AvgIpc) is 2.59. The minimum atomic E-state index is -1.14. The Morgan fingerprint density at radius 3 is 2.39 bits per heavy atom.